The van der Waals surface area contributed by atoms with Crippen LogP contribution in [0.4, 0.5) is 8.78 Å². The molecule has 152 valence electrons. The van der Waals surface area contributed by atoms with Crippen LogP contribution < -0.4 is 10.1 Å². The second-order valence-corrected chi connectivity index (χ2v) is 6.29. The van der Waals surface area contributed by atoms with Gasteiger partial charge < -0.3 is 14.5 Å². The maximum Gasteiger partial charge on any atom is 0.255 e. The van der Waals surface area contributed by atoms with Crippen molar-refractivity contribution in [2.75, 3.05) is 7.11 Å². The molecule has 0 radical (unpaired) electrons. The molecule has 2 aromatic heterocycles. The first-order chi connectivity index (χ1) is 14.6. The minimum absolute atomic E-state index is 0.126. The summed E-state index contributed by atoms with van der Waals surface area (Å²) in [5, 5.41) is 10.4. The van der Waals surface area contributed by atoms with Crippen molar-refractivity contribution < 1.29 is 22.7 Å². The van der Waals surface area contributed by atoms with E-state index in [0.717, 1.165) is 12.1 Å². The normalized spacial score (nSPS) is 11.3. The van der Waals surface area contributed by atoms with Gasteiger partial charge in [0.05, 0.1) is 42.0 Å². The van der Waals surface area contributed by atoms with Crippen molar-refractivity contribution in [3.63, 3.8) is 0 Å². The number of oxazole rings is 1. The number of carbonyl (C=O) groups excluding carboxylic acids is 1. The third-order valence-corrected chi connectivity index (χ3v) is 4.42. The van der Waals surface area contributed by atoms with E-state index in [2.05, 4.69) is 20.5 Å². The first-order valence-corrected chi connectivity index (χ1v) is 8.91. The minimum atomic E-state index is -0.938. The monoisotopic (exact) mass is 410 g/mol. The molecule has 0 aliphatic heterocycles. The van der Waals surface area contributed by atoms with E-state index in [-0.39, 0.29) is 12.5 Å². The highest BCUT2D eigenvalue weighted by molar-refractivity contribution is 6.05. The fraction of sp³-hybridized carbons (Fsp3) is 0.0952. The molecule has 4 aromatic rings. The molecule has 1 amide bonds. The first kappa shape index (κ1) is 19.3. The van der Waals surface area contributed by atoms with E-state index in [9.17, 15) is 13.6 Å². The number of ether oxygens (including phenoxy) is 1. The van der Waals surface area contributed by atoms with Gasteiger partial charge in [-0.05, 0) is 35.9 Å². The van der Waals surface area contributed by atoms with Crippen LogP contribution in [0.2, 0.25) is 0 Å². The first-order valence-electron chi connectivity index (χ1n) is 8.91. The van der Waals surface area contributed by atoms with E-state index < -0.39 is 11.6 Å². The lowest BCUT2D eigenvalue weighted by Gasteiger charge is -2.10. The Morgan fingerprint density at radius 3 is 2.83 bits per heavy atom. The van der Waals surface area contributed by atoms with Gasteiger partial charge in [0, 0.05) is 0 Å². The van der Waals surface area contributed by atoms with Gasteiger partial charge in [-0.1, -0.05) is 12.1 Å². The highest BCUT2D eigenvalue weighted by Gasteiger charge is 2.19. The van der Waals surface area contributed by atoms with Gasteiger partial charge in [-0.2, -0.15) is 5.10 Å². The lowest BCUT2D eigenvalue weighted by atomic mass is 10.1. The Morgan fingerprint density at radius 1 is 1.23 bits per heavy atom. The number of amides is 1. The van der Waals surface area contributed by atoms with Crippen molar-refractivity contribution in [1.82, 2.24) is 20.5 Å². The van der Waals surface area contributed by atoms with Crippen molar-refractivity contribution >= 4 is 29.0 Å². The summed E-state index contributed by atoms with van der Waals surface area (Å²) in [6.07, 6.45) is 6.13. The molecule has 0 atom stereocenters. The standard InChI is InChI=1S/C21H16F2N4O3/c1-29-20-13(21(28)25-11-18-24-8-9-30-18)4-7-17-19(20)16(26-27-17)6-3-12-2-5-14(22)15(23)10-12/h2-10H,11H2,1H3,(H,25,28)(H,26,27). The molecule has 0 bridgehead atoms. The smallest absolute Gasteiger partial charge is 0.255 e. The fourth-order valence-corrected chi connectivity index (χ4v) is 3.00. The molecule has 2 N–H and O–H groups in total. The van der Waals surface area contributed by atoms with Gasteiger partial charge in [-0.25, -0.2) is 13.8 Å². The molecule has 0 unspecified atom stereocenters. The van der Waals surface area contributed by atoms with Gasteiger partial charge in [0.25, 0.3) is 5.91 Å². The number of nitrogens with one attached hydrogen (secondary N) is 2. The van der Waals surface area contributed by atoms with Gasteiger partial charge in [-0.15, -0.1) is 0 Å². The summed E-state index contributed by atoms with van der Waals surface area (Å²) in [4.78, 5) is 16.6. The van der Waals surface area contributed by atoms with Crippen LogP contribution in [0.3, 0.4) is 0 Å². The van der Waals surface area contributed by atoms with Gasteiger partial charge in [0.2, 0.25) is 5.89 Å². The lowest BCUT2D eigenvalue weighted by molar-refractivity contribution is 0.0944. The second-order valence-electron chi connectivity index (χ2n) is 6.29. The van der Waals surface area contributed by atoms with Crippen LogP contribution in [0.1, 0.15) is 27.5 Å². The Bertz CT molecular complexity index is 1230. The third kappa shape index (κ3) is 3.77. The molecule has 0 aliphatic carbocycles. The molecule has 0 aliphatic rings. The molecule has 2 aromatic carbocycles. The number of H-pyrrole nitrogens is 1. The highest BCUT2D eigenvalue weighted by atomic mass is 19.2. The number of fused-ring (bicyclic) bond motifs is 1. The highest BCUT2D eigenvalue weighted by Crippen LogP contribution is 2.32. The molecular formula is C21H16F2N4O3. The molecule has 2 heterocycles. The van der Waals surface area contributed by atoms with Crippen molar-refractivity contribution in [2.24, 2.45) is 0 Å². The Morgan fingerprint density at radius 2 is 2.10 bits per heavy atom. The van der Waals surface area contributed by atoms with Crippen LogP contribution in [0.5, 0.6) is 5.75 Å². The number of aromatic amines is 1. The molecule has 0 saturated heterocycles. The molecular weight excluding hydrogens is 394 g/mol. The molecule has 7 nitrogen and oxygen atoms in total. The second kappa shape index (κ2) is 8.16. The van der Waals surface area contributed by atoms with Crippen LogP contribution in [0.15, 0.2) is 47.2 Å². The van der Waals surface area contributed by atoms with Crippen LogP contribution in [0, 0.1) is 11.6 Å². The van der Waals surface area contributed by atoms with Crippen LogP contribution in [0.25, 0.3) is 23.1 Å². The molecule has 30 heavy (non-hydrogen) atoms. The molecule has 9 heteroatoms. The fourth-order valence-electron chi connectivity index (χ4n) is 3.00. The largest absolute Gasteiger partial charge is 0.495 e. The number of hydrogen-bond acceptors (Lipinski definition) is 5. The summed E-state index contributed by atoms with van der Waals surface area (Å²) in [5.74, 6) is -1.52. The molecule has 4 rings (SSSR count). The average molecular weight is 410 g/mol. The predicted molar refractivity (Wildman–Crippen MR) is 106 cm³/mol. The van der Waals surface area contributed by atoms with E-state index in [1.165, 1.54) is 25.6 Å². The van der Waals surface area contributed by atoms with Gasteiger partial charge in [0.1, 0.15) is 12.0 Å². The molecule has 0 fully saturated rings. The Kier molecular flexibility index (Phi) is 5.25. The Hall–Kier alpha value is -4.01. The molecule has 0 spiro atoms. The zero-order chi connectivity index (χ0) is 21.1. The Labute approximate surface area is 169 Å². The van der Waals surface area contributed by atoms with E-state index >= 15 is 0 Å². The SMILES string of the molecule is COc1c(C(=O)NCc2ncco2)ccc2[nH]nc(C=Cc3ccc(F)c(F)c3)c12. The van der Waals surface area contributed by atoms with E-state index in [0.29, 0.717) is 39.4 Å². The zero-order valence-corrected chi connectivity index (χ0v) is 15.8. The number of benzene rings is 2. The summed E-state index contributed by atoms with van der Waals surface area (Å²) >= 11 is 0. The van der Waals surface area contributed by atoms with Gasteiger partial charge in [0.15, 0.2) is 11.6 Å². The molecule has 0 saturated carbocycles. The van der Waals surface area contributed by atoms with E-state index in [1.807, 2.05) is 0 Å². The van der Waals surface area contributed by atoms with Crippen molar-refractivity contribution in [2.45, 2.75) is 6.54 Å². The summed E-state index contributed by atoms with van der Waals surface area (Å²) < 4.78 is 37.1. The summed E-state index contributed by atoms with van der Waals surface area (Å²) in [5.41, 5.74) is 1.90. The number of rotatable bonds is 6. The number of nitrogens with zero attached hydrogens (tertiary/aromatic N) is 2. The summed E-state index contributed by atoms with van der Waals surface area (Å²) in [6.45, 7) is 0.126. The van der Waals surface area contributed by atoms with E-state index in [4.69, 9.17) is 9.15 Å². The minimum Gasteiger partial charge on any atom is -0.495 e. The van der Waals surface area contributed by atoms with Crippen LogP contribution >= 0.6 is 0 Å². The van der Waals surface area contributed by atoms with Crippen molar-refractivity contribution in [1.29, 1.82) is 0 Å². The van der Waals surface area contributed by atoms with Crippen LogP contribution in [-0.4, -0.2) is 28.2 Å². The van der Waals surface area contributed by atoms with Crippen LogP contribution in [-0.2, 0) is 6.54 Å². The van der Waals surface area contributed by atoms with Crippen molar-refractivity contribution in [3.05, 3.63) is 77.1 Å². The van der Waals surface area contributed by atoms with E-state index in [1.54, 1.807) is 24.3 Å². The topological polar surface area (TPSA) is 93.0 Å². The summed E-state index contributed by atoms with van der Waals surface area (Å²) in [7, 11) is 1.45. The third-order valence-electron chi connectivity index (χ3n) is 4.42. The van der Waals surface area contributed by atoms with Gasteiger partial charge in [-0.3, -0.25) is 9.89 Å². The number of halogens is 2. The maximum absolute atomic E-state index is 13.4. The predicted octanol–water partition coefficient (Wildman–Crippen LogP) is 3.94. The number of carbonyl (C=O) groups is 1. The lowest BCUT2D eigenvalue weighted by Crippen LogP contribution is -2.23. The van der Waals surface area contributed by atoms with Gasteiger partial charge >= 0.3 is 0 Å². The number of aromatic nitrogens is 3. The quantitative estimate of drug-likeness (QED) is 0.502. The number of methoxy groups -OCH3 is 1. The zero-order valence-electron chi connectivity index (χ0n) is 15.8. The maximum atomic E-state index is 13.4. The summed E-state index contributed by atoms with van der Waals surface area (Å²) in [6, 6.07) is 6.91. The number of hydrogen-bond donors (Lipinski definition) is 2. The Balaban J connectivity index is 1.66. The average Bonchev–Trinajstić information content (AvgIpc) is 3.42. The van der Waals surface area contributed by atoms with Crippen molar-refractivity contribution in [3.8, 4) is 5.75 Å².